The predicted molar refractivity (Wildman–Crippen MR) is 61.5 cm³/mol. The lowest BCUT2D eigenvalue weighted by Gasteiger charge is -2.24. The highest BCUT2D eigenvalue weighted by Crippen LogP contribution is 2.06. The molecule has 0 spiro atoms. The van der Waals surface area contributed by atoms with Gasteiger partial charge in [-0.3, -0.25) is 0 Å². The molecule has 0 aliphatic rings. The van der Waals surface area contributed by atoms with E-state index in [1.807, 2.05) is 0 Å². The minimum Gasteiger partial charge on any atom is -0.304 e. The van der Waals surface area contributed by atoms with Gasteiger partial charge in [0.1, 0.15) is 5.78 Å². The summed E-state index contributed by atoms with van der Waals surface area (Å²) in [5.41, 5.74) is 0. The Balaban J connectivity index is 3.43. The van der Waals surface area contributed by atoms with Crippen LogP contribution in [0.4, 0.5) is 0 Å². The smallest absolute Gasteiger partial charge is 0.129 e. The monoisotopic (exact) mass is 199 g/mol. The van der Waals surface area contributed by atoms with Crippen LogP contribution in [0.15, 0.2) is 0 Å². The van der Waals surface area contributed by atoms with Gasteiger partial charge in [-0.1, -0.05) is 13.3 Å². The van der Waals surface area contributed by atoms with Gasteiger partial charge in [-0.05, 0) is 46.7 Å². The third-order valence-corrected chi connectivity index (χ3v) is 2.75. The van der Waals surface area contributed by atoms with Gasteiger partial charge in [0.15, 0.2) is 0 Å². The third-order valence-electron chi connectivity index (χ3n) is 2.75. The van der Waals surface area contributed by atoms with Gasteiger partial charge in [0.05, 0.1) is 0 Å². The van der Waals surface area contributed by atoms with Gasteiger partial charge in [-0.15, -0.1) is 0 Å². The lowest BCUT2D eigenvalue weighted by atomic mass is 10.1. The second-order valence-electron chi connectivity index (χ2n) is 4.28. The Hall–Kier alpha value is -0.370. The summed E-state index contributed by atoms with van der Waals surface area (Å²) in [6.45, 7) is 7.28. The van der Waals surface area contributed by atoms with Crippen LogP contribution in [0.2, 0.25) is 0 Å². The van der Waals surface area contributed by atoms with Crippen molar-refractivity contribution < 1.29 is 4.79 Å². The SMILES string of the molecule is CCCC(C)N(C)CCCCC(C)=O. The van der Waals surface area contributed by atoms with Crippen molar-refractivity contribution in [2.45, 2.75) is 58.9 Å². The molecule has 0 bridgehead atoms. The molecule has 2 nitrogen and oxygen atoms in total. The van der Waals surface area contributed by atoms with Crippen LogP contribution in [0.25, 0.3) is 0 Å². The highest BCUT2D eigenvalue weighted by atomic mass is 16.1. The van der Waals surface area contributed by atoms with Crippen LogP contribution >= 0.6 is 0 Å². The normalized spacial score (nSPS) is 13.2. The van der Waals surface area contributed by atoms with Crippen LogP contribution in [0.1, 0.15) is 52.9 Å². The van der Waals surface area contributed by atoms with Gasteiger partial charge in [-0.2, -0.15) is 0 Å². The van der Waals surface area contributed by atoms with E-state index in [1.165, 1.54) is 12.8 Å². The zero-order chi connectivity index (χ0) is 11.0. The van der Waals surface area contributed by atoms with E-state index in [0.717, 1.165) is 25.8 Å². The van der Waals surface area contributed by atoms with Crippen molar-refractivity contribution >= 4 is 5.78 Å². The van der Waals surface area contributed by atoms with Crippen LogP contribution in [-0.4, -0.2) is 30.3 Å². The average molecular weight is 199 g/mol. The highest BCUT2D eigenvalue weighted by molar-refractivity contribution is 5.75. The quantitative estimate of drug-likeness (QED) is 0.560. The molecule has 0 aliphatic carbocycles. The summed E-state index contributed by atoms with van der Waals surface area (Å²) in [4.78, 5) is 13.1. The van der Waals surface area contributed by atoms with Crippen LogP contribution in [0.3, 0.4) is 0 Å². The Bertz CT molecular complexity index is 156. The standard InChI is InChI=1S/C12H25NO/c1-5-8-11(2)13(4)10-7-6-9-12(3)14/h11H,5-10H2,1-4H3. The van der Waals surface area contributed by atoms with E-state index < -0.39 is 0 Å². The van der Waals surface area contributed by atoms with Crippen molar-refractivity contribution in [1.82, 2.24) is 4.90 Å². The number of hydrogen-bond acceptors (Lipinski definition) is 2. The van der Waals surface area contributed by atoms with Crippen molar-refractivity contribution in [2.24, 2.45) is 0 Å². The van der Waals surface area contributed by atoms with Crippen LogP contribution in [0, 0.1) is 0 Å². The first kappa shape index (κ1) is 13.6. The van der Waals surface area contributed by atoms with Gasteiger partial charge < -0.3 is 9.69 Å². The molecular weight excluding hydrogens is 174 g/mol. The molecule has 0 aromatic carbocycles. The first-order valence-electron chi connectivity index (χ1n) is 5.77. The fraction of sp³-hybridized carbons (Fsp3) is 0.917. The van der Waals surface area contributed by atoms with Crippen molar-refractivity contribution in [3.63, 3.8) is 0 Å². The molecule has 1 unspecified atom stereocenters. The molecule has 0 saturated heterocycles. The zero-order valence-corrected chi connectivity index (χ0v) is 10.2. The van der Waals surface area contributed by atoms with E-state index >= 15 is 0 Å². The maximum atomic E-state index is 10.7. The summed E-state index contributed by atoms with van der Waals surface area (Å²) in [5.74, 6) is 0.314. The number of rotatable bonds is 8. The summed E-state index contributed by atoms with van der Waals surface area (Å²) in [5, 5.41) is 0. The maximum absolute atomic E-state index is 10.7. The first-order valence-corrected chi connectivity index (χ1v) is 5.77. The summed E-state index contributed by atoms with van der Waals surface area (Å²) in [6.07, 6.45) is 5.45. The predicted octanol–water partition coefficient (Wildman–Crippen LogP) is 2.87. The molecule has 0 rings (SSSR count). The number of carbonyl (C=O) groups is 1. The number of Topliss-reactive ketones (excluding diaryl/α,β-unsaturated/α-hetero) is 1. The van der Waals surface area contributed by atoms with Crippen LogP contribution in [0.5, 0.6) is 0 Å². The second kappa shape index (κ2) is 7.98. The molecule has 0 aromatic rings. The Kier molecular flexibility index (Phi) is 7.77. The van der Waals surface area contributed by atoms with Gasteiger partial charge in [-0.25, -0.2) is 0 Å². The number of ketones is 1. The molecule has 0 radical (unpaired) electrons. The zero-order valence-electron chi connectivity index (χ0n) is 10.2. The van der Waals surface area contributed by atoms with Crippen molar-refractivity contribution in [1.29, 1.82) is 0 Å². The van der Waals surface area contributed by atoms with Crippen LogP contribution < -0.4 is 0 Å². The van der Waals surface area contributed by atoms with Crippen molar-refractivity contribution in [2.75, 3.05) is 13.6 Å². The van der Waals surface area contributed by atoms with E-state index in [1.54, 1.807) is 6.92 Å². The lowest BCUT2D eigenvalue weighted by molar-refractivity contribution is -0.117. The van der Waals surface area contributed by atoms with E-state index in [9.17, 15) is 4.79 Å². The molecule has 0 heterocycles. The largest absolute Gasteiger partial charge is 0.304 e. The first-order chi connectivity index (χ1) is 6.57. The number of carbonyl (C=O) groups excluding carboxylic acids is 1. The van der Waals surface area contributed by atoms with Gasteiger partial charge >= 0.3 is 0 Å². The lowest BCUT2D eigenvalue weighted by Crippen LogP contribution is -2.29. The van der Waals surface area contributed by atoms with Gasteiger partial charge in [0.2, 0.25) is 0 Å². The van der Waals surface area contributed by atoms with E-state index in [4.69, 9.17) is 0 Å². The Morgan fingerprint density at radius 1 is 1.36 bits per heavy atom. The molecule has 1 atom stereocenters. The minimum atomic E-state index is 0.314. The summed E-state index contributed by atoms with van der Waals surface area (Å²) >= 11 is 0. The number of unbranched alkanes of at least 4 members (excludes halogenated alkanes) is 1. The topological polar surface area (TPSA) is 20.3 Å². The second-order valence-corrected chi connectivity index (χ2v) is 4.28. The van der Waals surface area contributed by atoms with Crippen LogP contribution in [-0.2, 0) is 4.79 Å². The molecule has 84 valence electrons. The summed E-state index contributed by atoms with van der Waals surface area (Å²) in [7, 11) is 2.17. The highest BCUT2D eigenvalue weighted by Gasteiger charge is 2.06. The maximum Gasteiger partial charge on any atom is 0.129 e. The molecule has 0 N–H and O–H groups in total. The number of hydrogen-bond donors (Lipinski definition) is 0. The Labute approximate surface area is 88.7 Å². The Morgan fingerprint density at radius 3 is 2.50 bits per heavy atom. The fourth-order valence-electron chi connectivity index (χ4n) is 1.59. The van der Waals surface area contributed by atoms with Gasteiger partial charge in [0.25, 0.3) is 0 Å². The molecule has 0 fully saturated rings. The molecule has 2 heteroatoms. The van der Waals surface area contributed by atoms with E-state index in [2.05, 4.69) is 25.8 Å². The van der Waals surface area contributed by atoms with Crippen molar-refractivity contribution in [3.8, 4) is 0 Å². The van der Waals surface area contributed by atoms with E-state index in [-0.39, 0.29) is 0 Å². The van der Waals surface area contributed by atoms with Crippen molar-refractivity contribution in [3.05, 3.63) is 0 Å². The average Bonchev–Trinajstić information content (AvgIpc) is 2.12. The minimum absolute atomic E-state index is 0.314. The molecule has 0 amide bonds. The molecule has 14 heavy (non-hydrogen) atoms. The van der Waals surface area contributed by atoms with Gasteiger partial charge in [0, 0.05) is 12.5 Å². The Morgan fingerprint density at radius 2 is 2.00 bits per heavy atom. The molecule has 0 saturated carbocycles. The molecular formula is C12H25NO. The molecule has 0 aromatic heterocycles. The van der Waals surface area contributed by atoms with E-state index in [0.29, 0.717) is 11.8 Å². The number of nitrogens with zero attached hydrogens (tertiary/aromatic N) is 1. The fourth-order valence-corrected chi connectivity index (χ4v) is 1.59. The third kappa shape index (κ3) is 7.07. The summed E-state index contributed by atoms with van der Waals surface area (Å²) in [6, 6.07) is 0.678. The summed E-state index contributed by atoms with van der Waals surface area (Å²) < 4.78 is 0. The molecule has 0 aliphatic heterocycles.